The minimum absolute atomic E-state index is 0.0855. The zero-order chi connectivity index (χ0) is 16.2. The second kappa shape index (κ2) is 6.89. The molecule has 5 nitrogen and oxygen atoms in total. The molecule has 0 atom stereocenters. The lowest BCUT2D eigenvalue weighted by atomic mass is 10.2. The van der Waals surface area contributed by atoms with Gasteiger partial charge in [-0.3, -0.25) is 0 Å². The molecule has 3 aromatic rings. The van der Waals surface area contributed by atoms with Crippen molar-refractivity contribution in [2.45, 2.75) is 6.61 Å². The van der Waals surface area contributed by atoms with Crippen LogP contribution in [0.4, 0.5) is 0 Å². The average molecular weight is 351 g/mol. The van der Waals surface area contributed by atoms with E-state index in [4.69, 9.17) is 37.2 Å². The topological polar surface area (TPSA) is 57.4 Å². The summed E-state index contributed by atoms with van der Waals surface area (Å²) >= 11 is 11.9. The summed E-state index contributed by atoms with van der Waals surface area (Å²) in [5, 5.41) is 4.93. The quantitative estimate of drug-likeness (QED) is 0.671. The van der Waals surface area contributed by atoms with Crippen molar-refractivity contribution in [2.75, 3.05) is 7.11 Å². The molecule has 0 aliphatic heterocycles. The average Bonchev–Trinajstić information content (AvgIpc) is 3.04. The smallest absolute Gasteiger partial charge is 0.264 e. The molecule has 0 N–H and O–H groups in total. The summed E-state index contributed by atoms with van der Waals surface area (Å²) in [5.74, 6) is 1.87. The van der Waals surface area contributed by atoms with Crippen LogP contribution in [0.15, 0.2) is 47.0 Å². The van der Waals surface area contributed by atoms with Crippen molar-refractivity contribution in [3.63, 3.8) is 0 Å². The van der Waals surface area contributed by atoms with Gasteiger partial charge in [0.15, 0.2) is 6.61 Å². The van der Waals surface area contributed by atoms with E-state index in [9.17, 15) is 0 Å². The second-order valence-electron chi connectivity index (χ2n) is 4.58. The van der Waals surface area contributed by atoms with Gasteiger partial charge in [-0.25, -0.2) is 0 Å². The van der Waals surface area contributed by atoms with Crippen LogP contribution < -0.4 is 9.47 Å². The number of halogens is 2. The Bertz CT molecular complexity index is 821. The minimum Gasteiger partial charge on any atom is -0.496 e. The van der Waals surface area contributed by atoms with Gasteiger partial charge in [0.25, 0.3) is 5.89 Å². The molecule has 0 aliphatic rings. The van der Waals surface area contributed by atoms with E-state index in [1.165, 1.54) is 0 Å². The van der Waals surface area contributed by atoms with Crippen LogP contribution in [0.2, 0.25) is 10.0 Å². The highest BCUT2D eigenvalue weighted by molar-refractivity contribution is 6.34. The maximum Gasteiger partial charge on any atom is 0.264 e. The molecule has 0 amide bonds. The third kappa shape index (κ3) is 3.57. The standard InChI is InChI=1S/C16H12Cl2N2O3/c1-21-13-5-3-2-4-11(13)16-19-15(23-20-16)9-22-14-8-10(17)6-7-12(14)18/h2-8H,9H2,1H3. The molecule has 0 aliphatic carbocycles. The summed E-state index contributed by atoms with van der Waals surface area (Å²) in [6.45, 7) is 0.0855. The third-order valence-corrected chi connectivity index (χ3v) is 3.61. The largest absolute Gasteiger partial charge is 0.496 e. The molecule has 118 valence electrons. The van der Waals surface area contributed by atoms with Crippen molar-refractivity contribution in [2.24, 2.45) is 0 Å². The van der Waals surface area contributed by atoms with Gasteiger partial charge in [-0.15, -0.1) is 0 Å². The van der Waals surface area contributed by atoms with E-state index in [1.54, 1.807) is 25.3 Å². The molecule has 0 saturated carbocycles. The van der Waals surface area contributed by atoms with Gasteiger partial charge in [-0.05, 0) is 24.3 Å². The Hall–Kier alpha value is -2.24. The summed E-state index contributed by atoms with van der Waals surface area (Å²) < 4.78 is 16.0. The van der Waals surface area contributed by atoms with Crippen molar-refractivity contribution in [3.8, 4) is 22.9 Å². The molecule has 1 heterocycles. The lowest BCUT2D eigenvalue weighted by molar-refractivity contribution is 0.243. The molecule has 1 aromatic heterocycles. The number of hydrogen-bond acceptors (Lipinski definition) is 5. The number of hydrogen-bond donors (Lipinski definition) is 0. The number of rotatable bonds is 5. The molecule has 0 spiro atoms. The Kier molecular flexibility index (Phi) is 4.69. The highest BCUT2D eigenvalue weighted by Gasteiger charge is 2.13. The van der Waals surface area contributed by atoms with Crippen LogP contribution in [0.1, 0.15) is 5.89 Å². The highest BCUT2D eigenvalue weighted by atomic mass is 35.5. The van der Waals surface area contributed by atoms with E-state index in [1.807, 2.05) is 24.3 Å². The van der Waals surface area contributed by atoms with Gasteiger partial charge in [-0.1, -0.05) is 40.5 Å². The van der Waals surface area contributed by atoms with Gasteiger partial charge < -0.3 is 14.0 Å². The van der Waals surface area contributed by atoms with Crippen molar-refractivity contribution in [1.82, 2.24) is 10.1 Å². The third-order valence-electron chi connectivity index (χ3n) is 3.06. The number of methoxy groups -OCH3 is 1. The fourth-order valence-corrected chi connectivity index (χ4v) is 2.31. The summed E-state index contributed by atoms with van der Waals surface area (Å²) in [7, 11) is 1.59. The van der Waals surface area contributed by atoms with Gasteiger partial charge in [0.2, 0.25) is 5.82 Å². The van der Waals surface area contributed by atoms with Crippen LogP contribution in [-0.2, 0) is 6.61 Å². The zero-order valence-electron chi connectivity index (χ0n) is 12.1. The number of ether oxygens (including phenoxy) is 2. The molecular formula is C16H12Cl2N2O3. The summed E-state index contributed by atoms with van der Waals surface area (Å²) in [4.78, 5) is 4.30. The second-order valence-corrected chi connectivity index (χ2v) is 5.42. The van der Waals surface area contributed by atoms with E-state index < -0.39 is 0 Å². The van der Waals surface area contributed by atoms with Crippen molar-refractivity contribution in [3.05, 3.63) is 58.4 Å². The van der Waals surface area contributed by atoms with Crippen molar-refractivity contribution >= 4 is 23.2 Å². The molecular weight excluding hydrogens is 339 g/mol. The predicted molar refractivity (Wildman–Crippen MR) is 87.1 cm³/mol. The maximum atomic E-state index is 6.04. The van der Waals surface area contributed by atoms with E-state index in [2.05, 4.69) is 10.1 Å². The molecule has 0 radical (unpaired) electrons. The van der Waals surface area contributed by atoms with E-state index in [-0.39, 0.29) is 6.61 Å². The van der Waals surface area contributed by atoms with Gasteiger partial charge in [0.1, 0.15) is 11.5 Å². The highest BCUT2D eigenvalue weighted by Crippen LogP contribution is 2.29. The zero-order valence-corrected chi connectivity index (χ0v) is 13.6. The van der Waals surface area contributed by atoms with Crippen LogP contribution in [0.5, 0.6) is 11.5 Å². The van der Waals surface area contributed by atoms with E-state index in [0.717, 1.165) is 5.56 Å². The lowest BCUT2D eigenvalue weighted by Crippen LogP contribution is -1.96. The monoisotopic (exact) mass is 350 g/mol. The molecule has 0 fully saturated rings. The number of nitrogens with zero attached hydrogens (tertiary/aromatic N) is 2. The lowest BCUT2D eigenvalue weighted by Gasteiger charge is -2.05. The van der Waals surface area contributed by atoms with Gasteiger partial charge in [0.05, 0.1) is 17.7 Å². The van der Waals surface area contributed by atoms with Crippen LogP contribution in [0.3, 0.4) is 0 Å². The fourth-order valence-electron chi connectivity index (χ4n) is 1.98. The van der Waals surface area contributed by atoms with Crippen LogP contribution in [0.25, 0.3) is 11.4 Å². The first-order chi connectivity index (χ1) is 11.2. The summed E-state index contributed by atoms with van der Waals surface area (Å²) in [5.41, 5.74) is 0.741. The van der Waals surface area contributed by atoms with Crippen LogP contribution in [0, 0.1) is 0 Å². The maximum absolute atomic E-state index is 6.04. The van der Waals surface area contributed by atoms with Crippen molar-refractivity contribution < 1.29 is 14.0 Å². The Morgan fingerprint density at radius 2 is 1.91 bits per heavy atom. The Labute approximate surface area is 142 Å². The Balaban J connectivity index is 1.76. The van der Waals surface area contributed by atoms with Gasteiger partial charge in [0, 0.05) is 11.1 Å². The Morgan fingerprint density at radius 3 is 2.74 bits per heavy atom. The number of benzene rings is 2. The molecule has 0 unspecified atom stereocenters. The first-order valence-corrected chi connectivity index (χ1v) is 7.47. The molecule has 2 aromatic carbocycles. The molecule has 0 bridgehead atoms. The molecule has 23 heavy (non-hydrogen) atoms. The summed E-state index contributed by atoms with van der Waals surface area (Å²) in [6, 6.07) is 12.4. The minimum atomic E-state index is 0.0855. The normalized spacial score (nSPS) is 10.6. The van der Waals surface area contributed by atoms with E-state index >= 15 is 0 Å². The van der Waals surface area contributed by atoms with Gasteiger partial charge >= 0.3 is 0 Å². The van der Waals surface area contributed by atoms with E-state index in [0.29, 0.717) is 33.3 Å². The van der Waals surface area contributed by atoms with Crippen LogP contribution in [-0.4, -0.2) is 17.3 Å². The SMILES string of the molecule is COc1ccccc1-c1noc(COc2cc(Cl)ccc2Cl)n1. The number of aromatic nitrogens is 2. The predicted octanol–water partition coefficient (Wildman–Crippen LogP) is 4.63. The van der Waals surface area contributed by atoms with Crippen LogP contribution >= 0.6 is 23.2 Å². The molecule has 0 saturated heterocycles. The molecule has 7 heteroatoms. The first-order valence-electron chi connectivity index (χ1n) is 6.71. The van der Waals surface area contributed by atoms with Crippen molar-refractivity contribution in [1.29, 1.82) is 0 Å². The summed E-state index contributed by atoms with van der Waals surface area (Å²) in [6.07, 6.45) is 0. The first kappa shape index (κ1) is 15.6. The van der Waals surface area contributed by atoms with Gasteiger partial charge in [-0.2, -0.15) is 4.98 Å². The fraction of sp³-hybridized carbons (Fsp3) is 0.125. The number of para-hydroxylation sites is 1. The Morgan fingerprint density at radius 1 is 1.09 bits per heavy atom. The molecule has 3 rings (SSSR count).